The molecule has 1 saturated carbocycles. The van der Waals surface area contributed by atoms with Crippen LogP contribution in [0.2, 0.25) is 0 Å². The number of aliphatic hydroxyl groups is 1. The molecular formula is C14H18BrNO2. The molecule has 1 aromatic rings. The fourth-order valence-electron chi connectivity index (χ4n) is 2.40. The second-order valence-corrected chi connectivity index (χ2v) is 5.71. The minimum absolute atomic E-state index is 0.0186. The van der Waals surface area contributed by atoms with Crippen LogP contribution in [0.5, 0.6) is 0 Å². The molecule has 0 aliphatic heterocycles. The average Bonchev–Trinajstić information content (AvgIpc) is 2.40. The van der Waals surface area contributed by atoms with E-state index >= 15 is 0 Å². The van der Waals surface area contributed by atoms with E-state index in [1.54, 1.807) is 0 Å². The van der Waals surface area contributed by atoms with E-state index in [9.17, 15) is 4.79 Å². The number of carbonyl (C=O) groups is 1. The van der Waals surface area contributed by atoms with Gasteiger partial charge in [-0.1, -0.05) is 12.1 Å². The summed E-state index contributed by atoms with van der Waals surface area (Å²) in [7, 11) is 0. The molecule has 0 spiro atoms. The van der Waals surface area contributed by atoms with E-state index in [-0.39, 0.29) is 18.6 Å². The number of aliphatic hydroxyl groups excluding tert-OH is 1. The van der Waals surface area contributed by atoms with Gasteiger partial charge in [0.1, 0.15) is 0 Å². The highest BCUT2D eigenvalue weighted by molar-refractivity contribution is 9.10. The lowest BCUT2D eigenvalue weighted by Crippen LogP contribution is -2.38. The van der Waals surface area contributed by atoms with Crippen LogP contribution in [0.4, 0.5) is 0 Å². The van der Waals surface area contributed by atoms with Crippen molar-refractivity contribution in [3.8, 4) is 0 Å². The maximum absolute atomic E-state index is 12.1. The molecule has 0 radical (unpaired) electrons. The monoisotopic (exact) mass is 311 g/mol. The molecule has 1 fully saturated rings. The molecule has 3 nitrogen and oxygen atoms in total. The third-order valence-electron chi connectivity index (χ3n) is 3.56. The molecule has 18 heavy (non-hydrogen) atoms. The summed E-state index contributed by atoms with van der Waals surface area (Å²) in [4.78, 5) is 12.1. The fraction of sp³-hybridized carbons (Fsp3) is 0.500. The summed E-state index contributed by atoms with van der Waals surface area (Å²) in [5.41, 5.74) is 0.682. The van der Waals surface area contributed by atoms with Crippen LogP contribution in [0.1, 0.15) is 36.0 Å². The predicted molar refractivity (Wildman–Crippen MR) is 74.4 cm³/mol. The van der Waals surface area contributed by atoms with E-state index in [4.69, 9.17) is 5.11 Å². The minimum atomic E-state index is -0.0186. The van der Waals surface area contributed by atoms with E-state index in [1.165, 1.54) is 0 Å². The van der Waals surface area contributed by atoms with Gasteiger partial charge in [-0.3, -0.25) is 4.79 Å². The summed E-state index contributed by atoms with van der Waals surface area (Å²) in [5.74, 6) is 0.400. The van der Waals surface area contributed by atoms with Crippen molar-refractivity contribution in [3.63, 3.8) is 0 Å². The van der Waals surface area contributed by atoms with Crippen LogP contribution >= 0.6 is 15.9 Å². The molecule has 4 heteroatoms. The summed E-state index contributed by atoms with van der Waals surface area (Å²) < 4.78 is 0.826. The van der Waals surface area contributed by atoms with Crippen molar-refractivity contribution in [3.05, 3.63) is 34.3 Å². The Morgan fingerprint density at radius 2 is 1.94 bits per heavy atom. The Balaban J connectivity index is 1.91. The Hall–Kier alpha value is -0.870. The predicted octanol–water partition coefficient (Wildman–Crippen LogP) is 2.73. The van der Waals surface area contributed by atoms with Gasteiger partial charge in [0.2, 0.25) is 0 Å². The number of hydrogen-bond acceptors (Lipinski definition) is 2. The minimum Gasteiger partial charge on any atom is -0.396 e. The van der Waals surface area contributed by atoms with Crippen molar-refractivity contribution >= 4 is 21.8 Å². The number of amides is 1. The first kappa shape index (κ1) is 13.6. The van der Waals surface area contributed by atoms with Crippen LogP contribution in [-0.4, -0.2) is 23.7 Å². The van der Waals surface area contributed by atoms with Crippen molar-refractivity contribution in [2.45, 2.75) is 31.7 Å². The molecule has 2 N–H and O–H groups in total. The number of benzene rings is 1. The highest BCUT2D eigenvalue weighted by Gasteiger charge is 2.22. The first-order chi connectivity index (χ1) is 8.70. The quantitative estimate of drug-likeness (QED) is 0.901. The second-order valence-electron chi connectivity index (χ2n) is 4.85. The van der Waals surface area contributed by atoms with Crippen molar-refractivity contribution in [2.75, 3.05) is 6.61 Å². The maximum Gasteiger partial charge on any atom is 0.252 e. The Morgan fingerprint density at radius 3 is 2.56 bits per heavy atom. The molecule has 0 heterocycles. The van der Waals surface area contributed by atoms with E-state index in [2.05, 4.69) is 21.2 Å². The van der Waals surface area contributed by atoms with Gasteiger partial charge in [0.25, 0.3) is 5.91 Å². The van der Waals surface area contributed by atoms with Crippen molar-refractivity contribution < 1.29 is 9.90 Å². The third-order valence-corrected chi connectivity index (χ3v) is 4.25. The number of carbonyl (C=O) groups excluding carboxylic acids is 1. The van der Waals surface area contributed by atoms with Gasteiger partial charge in [-0.05, 0) is 59.7 Å². The van der Waals surface area contributed by atoms with E-state index in [0.717, 1.165) is 30.2 Å². The second kappa shape index (κ2) is 6.34. The average molecular weight is 312 g/mol. The molecular weight excluding hydrogens is 294 g/mol. The van der Waals surface area contributed by atoms with Gasteiger partial charge in [0.05, 0.1) is 5.56 Å². The standard InChI is InChI=1S/C14H18BrNO2/c15-13-4-2-1-3-12(13)14(18)16-11-7-5-10(9-17)6-8-11/h1-4,10-11,17H,5-9H2,(H,16,18). The lowest BCUT2D eigenvalue weighted by Gasteiger charge is -2.28. The highest BCUT2D eigenvalue weighted by atomic mass is 79.9. The first-order valence-corrected chi connectivity index (χ1v) is 7.16. The number of hydrogen-bond donors (Lipinski definition) is 2. The number of nitrogens with one attached hydrogen (secondary N) is 1. The molecule has 0 saturated heterocycles. The molecule has 0 atom stereocenters. The molecule has 0 aromatic heterocycles. The Morgan fingerprint density at radius 1 is 1.28 bits per heavy atom. The molecule has 98 valence electrons. The van der Waals surface area contributed by atoms with E-state index < -0.39 is 0 Å². The van der Waals surface area contributed by atoms with Gasteiger partial charge in [0.15, 0.2) is 0 Å². The van der Waals surface area contributed by atoms with Crippen LogP contribution in [0, 0.1) is 5.92 Å². The first-order valence-electron chi connectivity index (χ1n) is 6.37. The van der Waals surface area contributed by atoms with Gasteiger partial charge in [0, 0.05) is 17.1 Å². The zero-order valence-corrected chi connectivity index (χ0v) is 11.8. The number of rotatable bonds is 3. The zero-order chi connectivity index (χ0) is 13.0. The SMILES string of the molecule is O=C(NC1CCC(CO)CC1)c1ccccc1Br. The maximum atomic E-state index is 12.1. The zero-order valence-electron chi connectivity index (χ0n) is 10.2. The lowest BCUT2D eigenvalue weighted by molar-refractivity contribution is 0.0913. The van der Waals surface area contributed by atoms with E-state index in [0.29, 0.717) is 11.5 Å². The third kappa shape index (κ3) is 3.33. The Labute approximate surface area is 116 Å². The van der Waals surface area contributed by atoms with Gasteiger partial charge in [-0.15, -0.1) is 0 Å². The summed E-state index contributed by atoms with van der Waals surface area (Å²) >= 11 is 3.39. The van der Waals surface area contributed by atoms with Gasteiger partial charge in [-0.25, -0.2) is 0 Å². The molecule has 0 unspecified atom stereocenters. The van der Waals surface area contributed by atoms with Gasteiger partial charge >= 0.3 is 0 Å². The van der Waals surface area contributed by atoms with Crippen LogP contribution in [0.3, 0.4) is 0 Å². The molecule has 1 aromatic carbocycles. The van der Waals surface area contributed by atoms with Crippen molar-refractivity contribution in [1.29, 1.82) is 0 Å². The van der Waals surface area contributed by atoms with E-state index in [1.807, 2.05) is 24.3 Å². The van der Waals surface area contributed by atoms with Crippen LogP contribution < -0.4 is 5.32 Å². The summed E-state index contributed by atoms with van der Waals surface area (Å²) in [5, 5.41) is 12.2. The smallest absolute Gasteiger partial charge is 0.252 e. The summed E-state index contributed by atoms with van der Waals surface area (Å²) in [6, 6.07) is 7.69. The molecule has 1 aliphatic carbocycles. The lowest BCUT2D eigenvalue weighted by atomic mass is 9.86. The highest BCUT2D eigenvalue weighted by Crippen LogP contribution is 2.24. The summed E-state index contributed by atoms with van der Waals surface area (Å²) in [6.07, 6.45) is 3.91. The fourth-order valence-corrected chi connectivity index (χ4v) is 2.86. The normalized spacial score (nSPS) is 23.7. The Kier molecular flexibility index (Phi) is 4.78. The van der Waals surface area contributed by atoms with Crippen LogP contribution in [0.25, 0.3) is 0 Å². The van der Waals surface area contributed by atoms with Crippen LogP contribution in [-0.2, 0) is 0 Å². The van der Waals surface area contributed by atoms with Gasteiger partial charge < -0.3 is 10.4 Å². The van der Waals surface area contributed by atoms with Crippen molar-refractivity contribution in [1.82, 2.24) is 5.32 Å². The Bertz CT molecular complexity index is 414. The molecule has 1 amide bonds. The van der Waals surface area contributed by atoms with Gasteiger partial charge in [-0.2, -0.15) is 0 Å². The van der Waals surface area contributed by atoms with Crippen LogP contribution in [0.15, 0.2) is 28.7 Å². The number of halogens is 1. The molecule has 1 aliphatic rings. The topological polar surface area (TPSA) is 49.3 Å². The molecule has 0 bridgehead atoms. The largest absolute Gasteiger partial charge is 0.396 e. The van der Waals surface area contributed by atoms with Crippen molar-refractivity contribution in [2.24, 2.45) is 5.92 Å². The molecule has 2 rings (SSSR count). The summed E-state index contributed by atoms with van der Waals surface area (Å²) in [6.45, 7) is 0.269.